The SMILES string of the molecule is CCOc1cc(/C=N/NC(=O)c2ccc(-n3c(C)ccc3-c3ccccc3)cc2)cc(Br)c1OCc1ccc2c(c1)OCO2. The van der Waals surface area contributed by atoms with E-state index in [0.717, 1.165) is 39.5 Å². The summed E-state index contributed by atoms with van der Waals surface area (Å²) in [6, 6.07) is 31.3. The molecule has 1 N–H and O–H groups in total. The molecule has 0 unspecified atom stereocenters. The lowest BCUT2D eigenvalue weighted by molar-refractivity contribution is 0.0955. The van der Waals surface area contributed by atoms with Gasteiger partial charge in [0.1, 0.15) is 6.61 Å². The second-order valence-corrected chi connectivity index (χ2v) is 10.9. The summed E-state index contributed by atoms with van der Waals surface area (Å²) in [7, 11) is 0. The highest BCUT2D eigenvalue weighted by molar-refractivity contribution is 9.10. The fraction of sp³-hybridized carbons (Fsp3) is 0.143. The summed E-state index contributed by atoms with van der Waals surface area (Å²) in [5.41, 5.74) is 9.07. The Bertz CT molecular complexity index is 1820. The van der Waals surface area contributed by atoms with E-state index in [-0.39, 0.29) is 12.7 Å². The van der Waals surface area contributed by atoms with Crippen molar-refractivity contribution in [2.24, 2.45) is 5.10 Å². The van der Waals surface area contributed by atoms with Crippen LogP contribution in [0.3, 0.4) is 0 Å². The smallest absolute Gasteiger partial charge is 0.271 e. The first-order valence-electron chi connectivity index (χ1n) is 14.2. The van der Waals surface area contributed by atoms with Crippen molar-refractivity contribution >= 4 is 28.1 Å². The van der Waals surface area contributed by atoms with Crippen molar-refractivity contribution in [2.45, 2.75) is 20.5 Å². The highest BCUT2D eigenvalue weighted by atomic mass is 79.9. The summed E-state index contributed by atoms with van der Waals surface area (Å²) in [6.45, 7) is 4.96. The molecule has 1 aliphatic heterocycles. The molecule has 1 aliphatic rings. The summed E-state index contributed by atoms with van der Waals surface area (Å²) in [5, 5.41) is 4.18. The number of halogens is 1. The third-order valence-electron chi connectivity index (χ3n) is 7.06. The predicted octanol–water partition coefficient (Wildman–Crippen LogP) is 7.69. The second-order valence-electron chi connectivity index (χ2n) is 10.0. The van der Waals surface area contributed by atoms with E-state index in [1.54, 1.807) is 18.3 Å². The van der Waals surface area contributed by atoms with Gasteiger partial charge < -0.3 is 23.5 Å². The van der Waals surface area contributed by atoms with Gasteiger partial charge in [0.2, 0.25) is 6.79 Å². The number of aromatic nitrogens is 1. The number of fused-ring (bicyclic) bond motifs is 1. The maximum absolute atomic E-state index is 12.9. The molecule has 8 nitrogen and oxygen atoms in total. The number of nitrogens with one attached hydrogen (secondary N) is 1. The number of aryl methyl sites for hydroxylation is 1. The van der Waals surface area contributed by atoms with Gasteiger partial charge in [0.05, 0.1) is 23.0 Å². The van der Waals surface area contributed by atoms with Gasteiger partial charge in [-0.15, -0.1) is 0 Å². The number of ether oxygens (including phenoxy) is 4. The van der Waals surface area contributed by atoms with Crippen LogP contribution in [0.4, 0.5) is 0 Å². The van der Waals surface area contributed by atoms with Crippen LogP contribution in [0.2, 0.25) is 0 Å². The van der Waals surface area contributed by atoms with E-state index in [1.165, 1.54) is 0 Å². The summed E-state index contributed by atoms with van der Waals surface area (Å²) in [6.07, 6.45) is 1.57. The van der Waals surface area contributed by atoms with Crippen molar-refractivity contribution in [3.05, 3.63) is 124 Å². The molecule has 222 valence electrons. The van der Waals surface area contributed by atoms with Crippen molar-refractivity contribution in [1.82, 2.24) is 9.99 Å². The van der Waals surface area contributed by atoms with Gasteiger partial charge in [-0.1, -0.05) is 36.4 Å². The molecular weight excluding hydrogens is 622 g/mol. The minimum Gasteiger partial charge on any atom is -0.490 e. The van der Waals surface area contributed by atoms with E-state index in [9.17, 15) is 4.79 Å². The molecule has 0 spiro atoms. The Morgan fingerprint density at radius 1 is 0.955 bits per heavy atom. The molecule has 0 bridgehead atoms. The normalized spacial score (nSPS) is 12.0. The molecular formula is C35H30BrN3O5. The van der Waals surface area contributed by atoms with E-state index >= 15 is 0 Å². The van der Waals surface area contributed by atoms with Gasteiger partial charge in [-0.05, 0) is 107 Å². The Hall–Kier alpha value is -5.02. The monoisotopic (exact) mass is 651 g/mol. The van der Waals surface area contributed by atoms with Crippen LogP contribution in [0.5, 0.6) is 23.0 Å². The maximum Gasteiger partial charge on any atom is 0.271 e. The molecule has 4 aromatic carbocycles. The quantitative estimate of drug-likeness (QED) is 0.124. The van der Waals surface area contributed by atoms with Crippen molar-refractivity contribution < 1.29 is 23.7 Å². The summed E-state index contributed by atoms with van der Waals surface area (Å²) >= 11 is 3.60. The molecule has 44 heavy (non-hydrogen) atoms. The van der Waals surface area contributed by atoms with E-state index in [4.69, 9.17) is 18.9 Å². The van der Waals surface area contributed by atoms with Crippen LogP contribution in [0.15, 0.2) is 107 Å². The van der Waals surface area contributed by atoms with E-state index in [0.29, 0.717) is 40.5 Å². The zero-order valence-corrected chi connectivity index (χ0v) is 25.8. The summed E-state index contributed by atoms with van der Waals surface area (Å²) in [5.74, 6) is 2.24. The summed E-state index contributed by atoms with van der Waals surface area (Å²) in [4.78, 5) is 12.9. The fourth-order valence-corrected chi connectivity index (χ4v) is 5.53. The summed E-state index contributed by atoms with van der Waals surface area (Å²) < 4.78 is 25.7. The molecule has 1 aromatic heterocycles. The molecule has 0 aliphatic carbocycles. The number of rotatable bonds is 10. The third-order valence-corrected chi connectivity index (χ3v) is 7.65. The van der Waals surface area contributed by atoms with Gasteiger partial charge in [0.15, 0.2) is 23.0 Å². The Kier molecular flexibility index (Phi) is 8.65. The van der Waals surface area contributed by atoms with Crippen molar-refractivity contribution in [2.75, 3.05) is 13.4 Å². The van der Waals surface area contributed by atoms with E-state index < -0.39 is 0 Å². The first kappa shape index (κ1) is 29.1. The van der Waals surface area contributed by atoms with E-state index in [1.807, 2.05) is 67.6 Å². The molecule has 2 heterocycles. The van der Waals surface area contributed by atoms with Crippen LogP contribution in [0.25, 0.3) is 16.9 Å². The maximum atomic E-state index is 12.9. The molecule has 0 saturated carbocycles. The van der Waals surface area contributed by atoms with Crippen LogP contribution >= 0.6 is 15.9 Å². The zero-order valence-electron chi connectivity index (χ0n) is 24.2. The minimum absolute atomic E-state index is 0.222. The first-order chi connectivity index (χ1) is 21.5. The Balaban J connectivity index is 1.12. The largest absolute Gasteiger partial charge is 0.490 e. The Morgan fingerprint density at radius 2 is 1.75 bits per heavy atom. The minimum atomic E-state index is -0.312. The number of amides is 1. The average Bonchev–Trinajstić information content (AvgIpc) is 3.67. The number of hydrazone groups is 1. The number of benzene rings is 4. The molecule has 0 atom stereocenters. The lowest BCUT2D eigenvalue weighted by Gasteiger charge is -2.15. The number of hydrogen-bond acceptors (Lipinski definition) is 6. The fourth-order valence-electron chi connectivity index (χ4n) is 4.96. The Morgan fingerprint density at radius 3 is 2.55 bits per heavy atom. The van der Waals surface area contributed by atoms with Crippen LogP contribution in [0.1, 0.15) is 34.1 Å². The molecule has 9 heteroatoms. The number of nitrogens with zero attached hydrogens (tertiary/aromatic N) is 2. The zero-order chi connectivity index (χ0) is 30.5. The number of carbonyl (C=O) groups is 1. The number of hydrogen-bond donors (Lipinski definition) is 1. The van der Waals surface area contributed by atoms with Crippen LogP contribution in [-0.4, -0.2) is 30.1 Å². The van der Waals surface area contributed by atoms with Gasteiger partial charge in [-0.25, -0.2) is 5.43 Å². The number of carbonyl (C=O) groups excluding carboxylic acids is 1. The standard InChI is InChI=1S/C35H30BrN3O5/c1-3-41-33-19-25(17-29(36)34(33)42-21-24-10-16-31-32(18-24)44-22-43-31)20-37-38-35(40)27-11-13-28(14-12-27)39-23(2)9-15-30(39)26-7-5-4-6-8-26/h4-20H,3,21-22H2,1-2H3,(H,38,40)/b37-20+. The van der Waals surface area contributed by atoms with Gasteiger partial charge >= 0.3 is 0 Å². The van der Waals surface area contributed by atoms with Gasteiger partial charge in [0, 0.05) is 16.9 Å². The third kappa shape index (κ3) is 6.33. The highest BCUT2D eigenvalue weighted by Gasteiger charge is 2.16. The van der Waals surface area contributed by atoms with Gasteiger partial charge in [-0.2, -0.15) is 5.10 Å². The van der Waals surface area contributed by atoms with Gasteiger partial charge in [0.25, 0.3) is 5.91 Å². The van der Waals surface area contributed by atoms with Crippen LogP contribution in [0, 0.1) is 6.92 Å². The van der Waals surface area contributed by atoms with Crippen LogP contribution < -0.4 is 24.4 Å². The first-order valence-corrected chi connectivity index (χ1v) is 14.9. The second kappa shape index (κ2) is 13.1. The predicted molar refractivity (Wildman–Crippen MR) is 173 cm³/mol. The molecule has 5 aromatic rings. The lowest BCUT2D eigenvalue weighted by atomic mass is 10.1. The van der Waals surface area contributed by atoms with Gasteiger partial charge in [-0.3, -0.25) is 4.79 Å². The van der Waals surface area contributed by atoms with E-state index in [2.05, 4.69) is 62.2 Å². The molecule has 6 rings (SSSR count). The van der Waals surface area contributed by atoms with Crippen LogP contribution in [-0.2, 0) is 6.61 Å². The molecule has 0 radical (unpaired) electrons. The van der Waals surface area contributed by atoms with Crippen molar-refractivity contribution in [3.8, 4) is 39.9 Å². The Labute approximate surface area is 264 Å². The molecule has 0 fully saturated rings. The average molecular weight is 653 g/mol. The molecule has 1 amide bonds. The lowest BCUT2D eigenvalue weighted by Crippen LogP contribution is -2.17. The van der Waals surface area contributed by atoms with Crippen molar-refractivity contribution in [1.29, 1.82) is 0 Å². The molecule has 0 saturated heterocycles. The van der Waals surface area contributed by atoms with Crippen molar-refractivity contribution in [3.63, 3.8) is 0 Å². The topological polar surface area (TPSA) is 83.3 Å². The highest BCUT2D eigenvalue weighted by Crippen LogP contribution is 2.38.